The maximum Gasteiger partial charge on any atom is 0.119 e. The Morgan fingerprint density at radius 3 is 3.00 bits per heavy atom. The second-order valence-electron chi connectivity index (χ2n) is 5.72. The summed E-state index contributed by atoms with van der Waals surface area (Å²) < 4.78 is 11.7. The van der Waals surface area contributed by atoms with Crippen molar-refractivity contribution in [1.82, 2.24) is 5.32 Å². The highest BCUT2D eigenvalue weighted by Crippen LogP contribution is 2.44. The summed E-state index contributed by atoms with van der Waals surface area (Å²) in [5.74, 6) is 1.40. The molecule has 2 atom stereocenters. The molecule has 0 unspecified atom stereocenters. The molecule has 0 spiro atoms. The van der Waals surface area contributed by atoms with E-state index in [0.29, 0.717) is 12.0 Å². The molecule has 18 heavy (non-hydrogen) atoms. The van der Waals surface area contributed by atoms with E-state index in [1.54, 1.807) is 7.11 Å². The van der Waals surface area contributed by atoms with Gasteiger partial charge in [0.05, 0.1) is 18.8 Å². The van der Waals surface area contributed by atoms with Crippen LogP contribution in [0.15, 0.2) is 18.2 Å². The molecule has 1 aromatic carbocycles. The van der Waals surface area contributed by atoms with E-state index in [1.165, 1.54) is 11.1 Å². The Kier molecular flexibility index (Phi) is 2.83. The molecule has 2 heterocycles. The van der Waals surface area contributed by atoms with E-state index in [4.69, 9.17) is 9.47 Å². The van der Waals surface area contributed by atoms with Gasteiger partial charge in [-0.25, -0.2) is 0 Å². The highest BCUT2D eigenvalue weighted by atomic mass is 16.5. The number of piperidine rings is 1. The van der Waals surface area contributed by atoms with Crippen LogP contribution in [0.3, 0.4) is 0 Å². The van der Waals surface area contributed by atoms with Gasteiger partial charge in [0.25, 0.3) is 0 Å². The van der Waals surface area contributed by atoms with Gasteiger partial charge in [0.1, 0.15) is 5.75 Å². The van der Waals surface area contributed by atoms with E-state index < -0.39 is 0 Å². The lowest BCUT2D eigenvalue weighted by Crippen LogP contribution is -2.47. The average molecular weight is 247 g/mol. The van der Waals surface area contributed by atoms with Gasteiger partial charge in [0.2, 0.25) is 0 Å². The predicted molar refractivity (Wildman–Crippen MR) is 71.1 cm³/mol. The normalized spacial score (nSPS) is 29.3. The molecule has 0 saturated carbocycles. The van der Waals surface area contributed by atoms with Gasteiger partial charge in [-0.1, -0.05) is 6.07 Å². The molecule has 0 bridgehead atoms. The zero-order valence-electron chi connectivity index (χ0n) is 11.3. The summed E-state index contributed by atoms with van der Waals surface area (Å²) in [6, 6.07) is 6.36. The molecule has 3 nitrogen and oxygen atoms in total. The van der Waals surface area contributed by atoms with Crippen molar-refractivity contribution in [3.8, 4) is 5.75 Å². The smallest absolute Gasteiger partial charge is 0.119 e. The number of rotatable bonds is 1. The number of benzene rings is 1. The second-order valence-corrected chi connectivity index (χ2v) is 5.72. The Morgan fingerprint density at radius 1 is 1.39 bits per heavy atom. The van der Waals surface area contributed by atoms with E-state index in [0.717, 1.165) is 25.3 Å². The molecule has 2 aliphatic heterocycles. The van der Waals surface area contributed by atoms with Crippen LogP contribution in [0.1, 0.15) is 37.3 Å². The molecule has 3 heteroatoms. The number of nitrogens with one attached hydrogen (secondary N) is 1. The van der Waals surface area contributed by atoms with E-state index in [1.807, 2.05) is 6.07 Å². The van der Waals surface area contributed by atoms with Crippen LogP contribution in [0.4, 0.5) is 0 Å². The molecule has 2 aliphatic rings. The number of ether oxygens (including phenoxy) is 2. The molecule has 0 radical (unpaired) electrons. The second kappa shape index (κ2) is 4.25. The van der Waals surface area contributed by atoms with Crippen LogP contribution in [-0.2, 0) is 10.3 Å². The molecular weight excluding hydrogens is 226 g/mol. The summed E-state index contributed by atoms with van der Waals surface area (Å²) in [7, 11) is 1.72. The molecule has 1 saturated heterocycles. The minimum Gasteiger partial charge on any atom is -0.497 e. The SMILES string of the molecule is COc1ccc2c(c1)[C@H]1CNCC[C@@H]1OC2(C)C. The predicted octanol–water partition coefficient (Wildman–Crippen LogP) is 2.41. The van der Waals surface area contributed by atoms with E-state index >= 15 is 0 Å². The third kappa shape index (κ3) is 1.82. The van der Waals surface area contributed by atoms with Gasteiger partial charge in [-0.05, 0) is 50.1 Å². The van der Waals surface area contributed by atoms with Gasteiger partial charge >= 0.3 is 0 Å². The lowest BCUT2D eigenvalue weighted by Gasteiger charge is -2.45. The third-order valence-corrected chi connectivity index (χ3v) is 4.17. The Bertz CT molecular complexity index is 456. The molecule has 1 fully saturated rings. The molecule has 98 valence electrons. The van der Waals surface area contributed by atoms with E-state index in [9.17, 15) is 0 Å². The summed E-state index contributed by atoms with van der Waals surface area (Å²) >= 11 is 0. The maximum atomic E-state index is 6.30. The Labute approximate surface area is 108 Å². The van der Waals surface area contributed by atoms with Crippen LogP contribution < -0.4 is 10.1 Å². The molecule has 3 rings (SSSR count). The van der Waals surface area contributed by atoms with Crippen molar-refractivity contribution in [1.29, 1.82) is 0 Å². The first-order valence-electron chi connectivity index (χ1n) is 6.69. The van der Waals surface area contributed by atoms with Crippen molar-refractivity contribution in [3.05, 3.63) is 29.3 Å². The minimum absolute atomic E-state index is 0.194. The van der Waals surface area contributed by atoms with Crippen molar-refractivity contribution in [3.63, 3.8) is 0 Å². The zero-order chi connectivity index (χ0) is 12.8. The first-order chi connectivity index (χ1) is 8.62. The fourth-order valence-corrected chi connectivity index (χ4v) is 3.25. The monoisotopic (exact) mass is 247 g/mol. The number of hydrogen-bond donors (Lipinski definition) is 1. The van der Waals surface area contributed by atoms with Crippen LogP contribution in [0.25, 0.3) is 0 Å². The highest BCUT2D eigenvalue weighted by Gasteiger charge is 2.41. The number of fused-ring (bicyclic) bond motifs is 3. The van der Waals surface area contributed by atoms with Crippen molar-refractivity contribution >= 4 is 0 Å². The van der Waals surface area contributed by atoms with Gasteiger partial charge in [0, 0.05) is 12.5 Å². The van der Waals surface area contributed by atoms with Crippen molar-refractivity contribution in [2.45, 2.75) is 37.9 Å². The first-order valence-corrected chi connectivity index (χ1v) is 6.69. The summed E-state index contributed by atoms with van der Waals surface area (Å²) in [5, 5.41) is 3.47. The van der Waals surface area contributed by atoms with Gasteiger partial charge in [-0.2, -0.15) is 0 Å². The quantitative estimate of drug-likeness (QED) is 0.826. The van der Waals surface area contributed by atoms with Crippen molar-refractivity contribution in [2.24, 2.45) is 0 Å². The fourth-order valence-electron chi connectivity index (χ4n) is 3.25. The van der Waals surface area contributed by atoms with Crippen LogP contribution in [-0.4, -0.2) is 26.3 Å². The summed E-state index contributed by atoms with van der Waals surface area (Å²) in [6.07, 6.45) is 1.42. The molecule has 0 aromatic heterocycles. The lowest BCUT2D eigenvalue weighted by molar-refractivity contribution is -0.109. The highest BCUT2D eigenvalue weighted by molar-refractivity contribution is 5.43. The maximum absolute atomic E-state index is 6.30. The van der Waals surface area contributed by atoms with E-state index in [2.05, 4.69) is 31.3 Å². The summed E-state index contributed by atoms with van der Waals surface area (Å²) in [5.41, 5.74) is 2.50. The van der Waals surface area contributed by atoms with Gasteiger partial charge < -0.3 is 14.8 Å². The van der Waals surface area contributed by atoms with Gasteiger partial charge in [-0.3, -0.25) is 0 Å². The lowest BCUT2D eigenvalue weighted by atomic mass is 9.78. The third-order valence-electron chi connectivity index (χ3n) is 4.17. The average Bonchev–Trinajstić information content (AvgIpc) is 2.37. The van der Waals surface area contributed by atoms with Crippen molar-refractivity contribution in [2.75, 3.05) is 20.2 Å². The van der Waals surface area contributed by atoms with E-state index in [-0.39, 0.29) is 5.60 Å². The molecule has 1 N–H and O–H groups in total. The van der Waals surface area contributed by atoms with Gasteiger partial charge in [-0.15, -0.1) is 0 Å². The van der Waals surface area contributed by atoms with Gasteiger partial charge in [0.15, 0.2) is 0 Å². The Balaban J connectivity index is 2.09. The Morgan fingerprint density at radius 2 is 2.22 bits per heavy atom. The topological polar surface area (TPSA) is 30.5 Å². The minimum atomic E-state index is -0.194. The number of methoxy groups -OCH3 is 1. The summed E-state index contributed by atoms with van der Waals surface area (Å²) in [4.78, 5) is 0. The zero-order valence-corrected chi connectivity index (χ0v) is 11.3. The fraction of sp³-hybridized carbons (Fsp3) is 0.600. The molecule has 0 aliphatic carbocycles. The number of hydrogen-bond acceptors (Lipinski definition) is 3. The molecule has 1 aromatic rings. The van der Waals surface area contributed by atoms with Crippen LogP contribution in [0.5, 0.6) is 5.75 Å². The Hall–Kier alpha value is -1.06. The molecule has 0 amide bonds. The van der Waals surface area contributed by atoms with Crippen LogP contribution >= 0.6 is 0 Å². The standard InChI is InChI=1S/C15H21NO2/c1-15(2)13-5-4-10(17-3)8-11(13)12-9-16-7-6-14(12)18-15/h4-5,8,12,14,16H,6-7,9H2,1-3H3/t12-,14+/m1/s1. The van der Waals surface area contributed by atoms with Crippen LogP contribution in [0, 0.1) is 0 Å². The summed E-state index contributed by atoms with van der Waals surface area (Å²) in [6.45, 7) is 6.38. The van der Waals surface area contributed by atoms with Crippen LogP contribution in [0.2, 0.25) is 0 Å². The largest absolute Gasteiger partial charge is 0.497 e. The first kappa shape index (κ1) is 12.0. The van der Waals surface area contributed by atoms with Crippen molar-refractivity contribution < 1.29 is 9.47 Å². The molecular formula is C15H21NO2.